The first kappa shape index (κ1) is 16.8. The van der Waals surface area contributed by atoms with Gasteiger partial charge in [0.2, 0.25) is 0 Å². The maximum atomic E-state index is 11.7. The summed E-state index contributed by atoms with van der Waals surface area (Å²) in [5.41, 5.74) is -0.593. The summed E-state index contributed by atoms with van der Waals surface area (Å²) in [6, 6.07) is -0.479. The SMILES string of the molecule is CCOC(=O)C1CC[C@H](O)C(NC(=O)OC(C)(C)C)C1. The van der Waals surface area contributed by atoms with Crippen LogP contribution < -0.4 is 5.32 Å². The molecule has 1 saturated carbocycles. The minimum atomic E-state index is -0.659. The molecule has 0 bridgehead atoms. The van der Waals surface area contributed by atoms with Crippen molar-refractivity contribution in [3.05, 3.63) is 0 Å². The van der Waals surface area contributed by atoms with Gasteiger partial charge in [0.1, 0.15) is 5.60 Å². The lowest BCUT2D eigenvalue weighted by Crippen LogP contribution is -2.49. The van der Waals surface area contributed by atoms with Crippen LogP contribution in [0.3, 0.4) is 0 Å². The summed E-state index contributed by atoms with van der Waals surface area (Å²) in [6.45, 7) is 7.40. The van der Waals surface area contributed by atoms with Crippen molar-refractivity contribution in [2.24, 2.45) is 5.92 Å². The van der Waals surface area contributed by atoms with E-state index in [9.17, 15) is 14.7 Å². The molecule has 2 unspecified atom stereocenters. The van der Waals surface area contributed by atoms with Crippen LogP contribution in [0.2, 0.25) is 0 Å². The van der Waals surface area contributed by atoms with Gasteiger partial charge < -0.3 is 19.9 Å². The number of aliphatic hydroxyl groups excluding tert-OH is 1. The van der Waals surface area contributed by atoms with Crippen molar-refractivity contribution in [1.82, 2.24) is 5.32 Å². The number of hydrogen-bond acceptors (Lipinski definition) is 5. The molecule has 6 nitrogen and oxygen atoms in total. The predicted molar refractivity (Wildman–Crippen MR) is 73.1 cm³/mol. The molecule has 3 atom stereocenters. The molecule has 0 aliphatic heterocycles. The molecule has 20 heavy (non-hydrogen) atoms. The number of carbonyl (C=O) groups excluding carboxylic acids is 2. The van der Waals surface area contributed by atoms with E-state index >= 15 is 0 Å². The lowest BCUT2D eigenvalue weighted by molar-refractivity contribution is -0.150. The van der Waals surface area contributed by atoms with Gasteiger partial charge >= 0.3 is 12.1 Å². The van der Waals surface area contributed by atoms with Crippen LogP contribution in [0.15, 0.2) is 0 Å². The molecule has 0 spiro atoms. The molecule has 116 valence electrons. The first-order valence-electron chi connectivity index (χ1n) is 7.07. The summed E-state index contributed by atoms with van der Waals surface area (Å²) in [6.07, 6.45) is 0.176. The molecule has 1 rings (SSSR count). The smallest absolute Gasteiger partial charge is 0.407 e. The Balaban J connectivity index is 2.54. The summed E-state index contributed by atoms with van der Waals surface area (Å²) >= 11 is 0. The van der Waals surface area contributed by atoms with Gasteiger partial charge in [-0.15, -0.1) is 0 Å². The van der Waals surface area contributed by atoms with Crippen LogP contribution in [0.25, 0.3) is 0 Å². The van der Waals surface area contributed by atoms with Crippen LogP contribution in [0.4, 0.5) is 4.79 Å². The molecule has 0 aromatic rings. The van der Waals surface area contributed by atoms with E-state index in [1.54, 1.807) is 27.7 Å². The number of hydrogen-bond donors (Lipinski definition) is 2. The van der Waals surface area contributed by atoms with E-state index in [0.717, 1.165) is 0 Å². The van der Waals surface area contributed by atoms with Gasteiger partial charge in [0.25, 0.3) is 0 Å². The summed E-state index contributed by atoms with van der Waals surface area (Å²) < 4.78 is 10.1. The molecule has 0 aromatic heterocycles. The summed E-state index contributed by atoms with van der Waals surface area (Å²) in [7, 11) is 0. The number of amides is 1. The lowest BCUT2D eigenvalue weighted by Gasteiger charge is -2.33. The predicted octanol–water partition coefficient (Wildman–Crippen LogP) is 1.60. The highest BCUT2D eigenvalue weighted by molar-refractivity contribution is 5.73. The number of nitrogens with one attached hydrogen (secondary N) is 1. The Bertz CT molecular complexity index is 350. The zero-order valence-corrected chi connectivity index (χ0v) is 12.6. The zero-order chi connectivity index (χ0) is 15.3. The first-order chi connectivity index (χ1) is 9.23. The first-order valence-corrected chi connectivity index (χ1v) is 7.07. The molecular weight excluding hydrogens is 262 g/mol. The molecular formula is C14H25NO5. The van der Waals surface area contributed by atoms with E-state index in [4.69, 9.17) is 9.47 Å². The fraction of sp³-hybridized carbons (Fsp3) is 0.857. The Kier molecular flexibility index (Phi) is 5.80. The van der Waals surface area contributed by atoms with Crippen molar-refractivity contribution < 1.29 is 24.2 Å². The number of ether oxygens (including phenoxy) is 2. The normalized spacial score (nSPS) is 26.8. The second-order valence-corrected chi connectivity index (χ2v) is 6.08. The molecule has 0 heterocycles. The van der Waals surface area contributed by atoms with E-state index < -0.39 is 23.8 Å². The molecule has 0 radical (unpaired) electrons. The van der Waals surface area contributed by atoms with E-state index in [2.05, 4.69) is 5.32 Å². The highest BCUT2D eigenvalue weighted by Crippen LogP contribution is 2.26. The average Bonchev–Trinajstić information content (AvgIpc) is 2.29. The highest BCUT2D eigenvalue weighted by atomic mass is 16.6. The third-order valence-electron chi connectivity index (χ3n) is 3.14. The van der Waals surface area contributed by atoms with Crippen molar-refractivity contribution in [2.75, 3.05) is 6.61 Å². The van der Waals surface area contributed by atoms with Crippen molar-refractivity contribution in [2.45, 2.75) is 64.7 Å². The summed E-state index contributed by atoms with van der Waals surface area (Å²) in [4.78, 5) is 23.4. The minimum Gasteiger partial charge on any atom is -0.466 e. The average molecular weight is 287 g/mol. The number of esters is 1. The molecule has 1 fully saturated rings. The van der Waals surface area contributed by atoms with Gasteiger partial charge in [-0.2, -0.15) is 0 Å². The van der Waals surface area contributed by atoms with E-state index in [-0.39, 0.29) is 11.9 Å². The monoisotopic (exact) mass is 287 g/mol. The third-order valence-corrected chi connectivity index (χ3v) is 3.14. The van der Waals surface area contributed by atoms with Gasteiger partial charge in [-0.05, 0) is 47.0 Å². The van der Waals surface area contributed by atoms with Gasteiger partial charge in [-0.3, -0.25) is 4.79 Å². The van der Waals surface area contributed by atoms with E-state index in [1.807, 2.05) is 0 Å². The number of rotatable bonds is 3. The molecule has 2 N–H and O–H groups in total. The Morgan fingerprint density at radius 2 is 1.95 bits per heavy atom. The van der Waals surface area contributed by atoms with Crippen LogP contribution in [0.1, 0.15) is 47.0 Å². The fourth-order valence-corrected chi connectivity index (χ4v) is 2.24. The molecule has 0 saturated heterocycles. The van der Waals surface area contributed by atoms with Crippen molar-refractivity contribution in [3.63, 3.8) is 0 Å². The number of aliphatic hydroxyl groups is 1. The van der Waals surface area contributed by atoms with Crippen LogP contribution >= 0.6 is 0 Å². The number of alkyl carbamates (subject to hydrolysis) is 1. The Morgan fingerprint density at radius 1 is 1.30 bits per heavy atom. The van der Waals surface area contributed by atoms with E-state index in [1.165, 1.54) is 0 Å². The van der Waals surface area contributed by atoms with Crippen LogP contribution in [0.5, 0.6) is 0 Å². The van der Waals surface area contributed by atoms with E-state index in [0.29, 0.717) is 25.9 Å². The van der Waals surface area contributed by atoms with Crippen molar-refractivity contribution in [1.29, 1.82) is 0 Å². The molecule has 6 heteroatoms. The van der Waals surface area contributed by atoms with Crippen LogP contribution in [-0.2, 0) is 14.3 Å². The van der Waals surface area contributed by atoms with Gasteiger partial charge in [0.05, 0.1) is 24.7 Å². The quantitative estimate of drug-likeness (QED) is 0.770. The second kappa shape index (κ2) is 6.92. The van der Waals surface area contributed by atoms with Gasteiger partial charge in [-0.25, -0.2) is 4.79 Å². The van der Waals surface area contributed by atoms with Crippen molar-refractivity contribution >= 4 is 12.1 Å². The Labute approximate surface area is 119 Å². The zero-order valence-electron chi connectivity index (χ0n) is 12.6. The molecule has 1 aliphatic carbocycles. The second-order valence-electron chi connectivity index (χ2n) is 6.08. The maximum Gasteiger partial charge on any atom is 0.407 e. The summed E-state index contributed by atoms with van der Waals surface area (Å²) in [5, 5.41) is 12.6. The molecule has 1 aliphatic rings. The number of carbonyl (C=O) groups is 2. The summed E-state index contributed by atoms with van der Waals surface area (Å²) in [5.74, 6) is -0.548. The molecule has 1 amide bonds. The topological polar surface area (TPSA) is 84.9 Å². The Hall–Kier alpha value is -1.30. The third kappa shape index (κ3) is 5.36. The maximum absolute atomic E-state index is 11.7. The minimum absolute atomic E-state index is 0.268. The van der Waals surface area contributed by atoms with Crippen LogP contribution in [-0.4, -0.2) is 41.5 Å². The van der Waals surface area contributed by atoms with Crippen LogP contribution in [0, 0.1) is 5.92 Å². The van der Waals surface area contributed by atoms with Gasteiger partial charge in [0.15, 0.2) is 0 Å². The largest absolute Gasteiger partial charge is 0.466 e. The lowest BCUT2D eigenvalue weighted by atomic mass is 9.84. The van der Waals surface area contributed by atoms with Gasteiger partial charge in [-0.1, -0.05) is 0 Å². The standard InChI is InChI=1S/C14H25NO5/c1-5-19-12(17)9-6-7-11(16)10(8-9)15-13(18)20-14(2,3)4/h9-11,16H,5-8H2,1-4H3,(H,15,18)/t9?,10?,11-/m0/s1. The van der Waals surface area contributed by atoms with Crippen molar-refractivity contribution in [3.8, 4) is 0 Å². The van der Waals surface area contributed by atoms with Gasteiger partial charge in [0, 0.05) is 0 Å². The highest BCUT2D eigenvalue weighted by Gasteiger charge is 2.35. The molecule has 0 aromatic carbocycles. The fourth-order valence-electron chi connectivity index (χ4n) is 2.24. The Morgan fingerprint density at radius 3 is 2.50 bits per heavy atom.